The van der Waals surface area contributed by atoms with E-state index in [9.17, 15) is 9.59 Å². The maximum absolute atomic E-state index is 13.6. The van der Waals surface area contributed by atoms with Gasteiger partial charge in [-0.3, -0.25) is 4.79 Å². The zero-order chi connectivity index (χ0) is 27.6. The molecule has 1 aromatic heterocycles. The number of hydrogen-bond acceptors (Lipinski definition) is 4. The van der Waals surface area contributed by atoms with Crippen molar-refractivity contribution in [2.45, 2.75) is 58.9 Å². The molecule has 1 heterocycles. The molecular formula is C35H34N2O3. The number of nitrogens with zero attached hydrogens (tertiary/aromatic N) is 2. The average Bonchev–Trinajstić information content (AvgIpc) is 3.61. The average molecular weight is 531 g/mol. The van der Waals surface area contributed by atoms with Gasteiger partial charge in [0.2, 0.25) is 0 Å². The maximum Gasteiger partial charge on any atom is 0.331 e. The molecule has 0 bridgehead atoms. The lowest BCUT2D eigenvalue weighted by atomic mass is 9.95. The number of oxime groups is 1. The Labute approximate surface area is 234 Å². The Morgan fingerprint density at radius 1 is 0.825 bits per heavy atom. The van der Waals surface area contributed by atoms with Crippen molar-refractivity contribution in [3.05, 3.63) is 95.6 Å². The van der Waals surface area contributed by atoms with Crippen LogP contribution in [0.25, 0.3) is 32.6 Å². The highest BCUT2D eigenvalue weighted by Gasteiger charge is 2.19. The van der Waals surface area contributed by atoms with Crippen LogP contribution in [-0.4, -0.2) is 22.0 Å². The molecule has 5 nitrogen and oxygen atoms in total. The molecule has 5 aromatic rings. The largest absolute Gasteiger partial charge is 0.341 e. The van der Waals surface area contributed by atoms with Gasteiger partial charge in [-0.15, -0.1) is 0 Å². The van der Waals surface area contributed by atoms with Gasteiger partial charge in [-0.25, -0.2) is 4.79 Å². The van der Waals surface area contributed by atoms with Gasteiger partial charge in [0.15, 0.2) is 5.78 Å². The summed E-state index contributed by atoms with van der Waals surface area (Å²) in [4.78, 5) is 30.3. The number of fused-ring (bicyclic) bond motifs is 4. The summed E-state index contributed by atoms with van der Waals surface area (Å²) in [6.07, 6.45) is 6.92. The van der Waals surface area contributed by atoms with E-state index in [0.717, 1.165) is 63.2 Å². The zero-order valence-electron chi connectivity index (χ0n) is 23.2. The molecule has 0 amide bonds. The van der Waals surface area contributed by atoms with Crippen molar-refractivity contribution >= 4 is 50.0 Å². The number of carbonyl (C=O) groups excluding carboxylic acids is 2. The molecule has 0 radical (unpaired) electrons. The number of hydrogen-bond donors (Lipinski definition) is 0. The number of benzene rings is 4. The first-order valence-electron chi connectivity index (χ1n) is 14.4. The molecule has 5 heteroatoms. The second-order valence-corrected chi connectivity index (χ2v) is 10.9. The van der Waals surface area contributed by atoms with Crippen LogP contribution in [0.15, 0.2) is 84.0 Å². The lowest BCUT2D eigenvalue weighted by Gasteiger charge is -2.11. The first-order valence-corrected chi connectivity index (χ1v) is 14.4. The number of ketones is 1. The van der Waals surface area contributed by atoms with Gasteiger partial charge in [-0.2, -0.15) is 0 Å². The van der Waals surface area contributed by atoms with Gasteiger partial charge < -0.3 is 9.40 Å². The molecule has 0 aliphatic heterocycles. The van der Waals surface area contributed by atoms with Crippen LogP contribution in [-0.2, 0) is 16.2 Å². The fourth-order valence-electron chi connectivity index (χ4n) is 6.26. The number of rotatable bonds is 8. The van der Waals surface area contributed by atoms with Crippen molar-refractivity contribution in [3.63, 3.8) is 0 Å². The predicted molar refractivity (Wildman–Crippen MR) is 162 cm³/mol. The van der Waals surface area contributed by atoms with E-state index < -0.39 is 5.97 Å². The molecule has 202 valence electrons. The Balaban J connectivity index is 1.41. The summed E-state index contributed by atoms with van der Waals surface area (Å²) in [6.45, 7) is 4.33. The standard InChI is InChI=1S/C35H34N2O3/c1-3-37-33-18-15-27(32(36-40-23(2)38)17-12-24-8-4-5-9-24)21-30(33)31-22-29(16-19-34(31)37)35(39)28-14-13-25-10-6-7-11-26(25)20-28/h6-7,10-11,13-16,18-22,24H,3-5,8-9,12,17H2,1-2H3/b36-32+. The molecule has 1 fully saturated rings. The van der Waals surface area contributed by atoms with E-state index in [4.69, 9.17) is 4.84 Å². The van der Waals surface area contributed by atoms with Crippen molar-refractivity contribution < 1.29 is 14.4 Å². The molecule has 0 atom stereocenters. The second-order valence-electron chi connectivity index (χ2n) is 10.9. The van der Waals surface area contributed by atoms with Gasteiger partial charge in [0, 0.05) is 52.0 Å². The van der Waals surface area contributed by atoms with Gasteiger partial charge in [0.25, 0.3) is 0 Å². The normalized spacial score (nSPS) is 14.4. The maximum atomic E-state index is 13.6. The van der Waals surface area contributed by atoms with Crippen molar-refractivity contribution in [3.8, 4) is 0 Å². The summed E-state index contributed by atoms with van der Waals surface area (Å²) < 4.78 is 2.28. The molecular weight excluding hydrogens is 496 g/mol. The summed E-state index contributed by atoms with van der Waals surface area (Å²) in [5, 5.41) is 8.56. The molecule has 4 aromatic carbocycles. The van der Waals surface area contributed by atoms with Crippen molar-refractivity contribution in [2.24, 2.45) is 11.1 Å². The minimum absolute atomic E-state index is 0.00915. The van der Waals surface area contributed by atoms with Crippen LogP contribution in [0.1, 0.15) is 73.9 Å². The molecule has 0 unspecified atom stereocenters. The third-order valence-corrected chi connectivity index (χ3v) is 8.34. The molecule has 1 saturated carbocycles. The fourth-order valence-corrected chi connectivity index (χ4v) is 6.26. The highest BCUT2D eigenvalue weighted by Crippen LogP contribution is 2.33. The fraction of sp³-hybridized carbons (Fsp3) is 0.286. The number of aromatic nitrogens is 1. The first kappa shape index (κ1) is 26.0. The summed E-state index contributed by atoms with van der Waals surface area (Å²) in [5.74, 6) is 0.297. The van der Waals surface area contributed by atoms with E-state index in [2.05, 4.69) is 47.0 Å². The minimum atomic E-state index is -0.418. The minimum Gasteiger partial charge on any atom is -0.341 e. The Bertz CT molecular complexity index is 1770. The Morgan fingerprint density at radius 2 is 1.45 bits per heavy atom. The predicted octanol–water partition coefficient (Wildman–Crippen LogP) is 8.44. The van der Waals surface area contributed by atoms with E-state index in [-0.39, 0.29) is 5.78 Å². The van der Waals surface area contributed by atoms with Crippen molar-refractivity contribution in [1.82, 2.24) is 4.57 Å². The second kappa shape index (κ2) is 11.1. The lowest BCUT2D eigenvalue weighted by Crippen LogP contribution is -2.07. The monoisotopic (exact) mass is 530 g/mol. The van der Waals surface area contributed by atoms with Gasteiger partial charge in [-0.05, 0) is 72.9 Å². The van der Waals surface area contributed by atoms with Crippen LogP contribution in [0.4, 0.5) is 0 Å². The Kier molecular flexibility index (Phi) is 7.21. The molecule has 1 aliphatic rings. The summed E-state index contributed by atoms with van der Waals surface area (Å²) in [7, 11) is 0. The van der Waals surface area contributed by atoms with Gasteiger partial charge in [-0.1, -0.05) is 73.3 Å². The molecule has 40 heavy (non-hydrogen) atoms. The van der Waals surface area contributed by atoms with E-state index in [1.807, 2.05) is 48.5 Å². The topological polar surface area (TPSA) is 60.7 Å². The number of aryl methyl sites for hydroxylation is 1. The summed E-state index contributed by atoms with van der Waals surface area (Å²) >= 11 is 0. The van der Waals surface area contributed by atoms with Crippen LogP contribution in [0, 0.1) is 5.92 Å². The smallest absolute Gasteiger partial charge is 0.331 e. The first-order chi connectivity index (χ1) is 19.5. The highest BCUT2D eigenvalue weighted by molar-refractivity contribution is 6.16. The van der Waals surface area contributed by atoms with Crippen LogP contribution in [0.3, 0.4) is 0 Å². The molecule has 0 N–H and O–H groups in total. The summed E-state index contributed by atoms with van der Waals surface area (Å²) in [5.41, 5.74) is 5.30. The van der Waals surface area contributed by atoms with Crippen molar-refractivity contribution in [2.75, 3.05) is 0 Å². The quantitative estimate of drug-likeness (QED) is 0.0875. The van der Waals surface area contributed by atoms with Crippen LogP contribution < -0.4 is 0 Å². The lowest BCUT2D eigenvalue weighted by molar-refractivity contribution is -0.140. The highest BCUT2D eigenvalue weighted by atomic mass is 16.7. The van der Waals surface area contributed by atoms with Gasteiger partial charge >= 0.3 is 5.97 Å². The third kappa shape index (κ3) is 5.04. The van der Waals surface area contributed by atoms with Gasteiger partial charge in [0.05, 0.1) is 5.71 Å². The zero-order valence-corrected chi connectivity index (χ0v) is 23.2. The van der Waals surface area contributed by atoms with E-state index >= 15 is 0 Å². The van der Waals surface area contributed by atoms with Crippen LogP contribution in [0.5, 0.6) is 0 Å². The van der Waals surface area contributed by atoms with E-state index in [0.29, 0.717) is 17.0 Å². The van der Waals surface area contributed by atoms with E-state index in [1.165, 1.54) is 32.6 Å². The van der Waals surface area contributed by atoms with Crippen LogP contribution >= 0.6 is 0 Å². The molecule has 0 spiro atoms. The number of carbonyl (C=O) groups is 2. The molecule has 6 rings (SSSR count). The molecule has 1 aliphatic carbocycles. The van der Waals surface area contributed by atoms with E-state index in [1.54, 1.807) is 0 Å². The summed E-state index contributed by atoms with van der Waals surface area (Å²) in [6, 6.07) is 26.3. The molecule has 0 saturated heterocycles. The SMILES string of the molecule is CCn1c2ccc(C(=O)c3ccc4ccccc4c3)cc2c2cc(/C(CCC3CCCC3)=N/OC(C)=O)ccc21. The van der Waals surface area contributed by atoms with Gasteiger partial charge in [0.1, 0.15) is 0 Å². The Hall–Kier alpha value is -4.25. The Morgan fingerprint density at radius 3 is 2.15 bits per heavy atom. The van der Waals surface area contributed by atoms with Crippen molar-refractivity contribution in [1.29, 1.82) is 0 Å². The van der Waals surface area contributed by atoms with Crippen LogP contribution in [0.2, 0.25) is 0 Å². The third-order valence-electron chi connectivity index (χ3n) is 8.34.